The third-order valence-corrected chi connectivity index (χ3v) is 4.12. The van der Waals surface area contributed by atoms with Crippen LogP contribution in [-0.4, -0.2) is 18.1 Å². The molecule has 0 aliphatic rings. The summed E-state index contributed by atoms with van der Waals surface area (Å²) in [7, 11) is 0. The minimum absolute atomic E-state index is 0.450. The molecule has 96 valence electrons. The molecule has 0 amide bonds. The summed E-state index contributed by atoms with van der Waals surface area (Å²) < 4.78 is 0. The van der Waals surface area contributed by atoms with Gasteiger partial charge in [0.2, 0.25) is 0 Å². The van der Waals surface area contributed by atoms with Crippen LogP contribution in [0.25, 0.3) is 10.8 Å². The summed E-state index contributed by atoms with van der Waals surface area (Å²) in [6.45, 7) is 5.41. The molecule has 0 aliphatic heterocycles. The van der Waals surface area contributed by atoms with Gasteiger partial charge >= 0.3 is 0 Å². The molecule has 18 heavy (non-hydrogen) atoms. The van der Waals surface area contributed by atoms with Gasteiger partial charge in [-0.05, 0) is 28.6 Å². The van der Waals surface area contributed by atoms with Crippen LogP contribution < -0.4 is 5.32 Å². The number of hydrogen-bond acceptors (Lipinski definition) is 2. The molecule has 0 saturated carbocycles. The van der Waals surface area contributed by atoms with Crippen molar-refractivity contribution in [3.63, 3.8) is 0 Å². The van der Waals surface area contributed by atoms with Crippen LogP contribution in [0.3, 0.4) is 0 Å². The standard InChI is InChI=1S/C16H21NS/c1-3-17-16(12-18-4-2)15-11-7-9-13-8-5-6-10-14(13)15/h5-11,16-17H,3-4,12H2,1-2H3. The second kappa shape index (κ2) is 6.81. The normalized spacial score (nSPS) is 12.8. The molecule has 0 aromatic heterocycles. The van der Waals surface area contributed by atoms with Gasteiger partial charge < -0.3 is 5.32 Å². The van der Waals surface area contributed by atoms with Crippen molar-refractivity contribution in [2.75, 3.05) is 18.1 Å². The molecule has 0 saturated heterocycles. The summed E-state index contributed by atoms with van der Waals surface area (Å²) in [6.07, 6.45) is 0. The molecule has 2 rings (SSSR count). The first-order valence-corrected chi connectivity index (χ1v) is 7.81. The Morgan fingerprint density at radius 3 is 2.61 bits per heavy atom. The predicted octanol–water partition coefficient (Wildman–Crippen LogP) is 4.24. The first kappa shape index (κ1) is 13.4. The summed E-state index contributed by atoms with van der Waals surface area (Å²) in [4.78, 5) is 0. The van der Waals surface area contributed by atoms with E-state index < -0.39 is 0 Å². The summed E-state index contributed by atoms with van der Waals surface area (Å²) in [5.41, 5.74) is 1.43. The van der Waals surface area contributed by atoms with Crippen molar-refractivity contribution in [1.82, 2.24) is 5.32 Å². The predicted molar refractivity (Wildman–Crippen MR) is 83.4 cm³/mol. The largest absolute Gasteiger partial charge is 0.309 e. The van der Waals surface area contributed by atoms with Crippen LogP contribution in [-0.2, 0) is 0 Å². The van der Waals surface area contributed by atoms with Gasteiger partial charge in [-0.1, -0.05) is 56.3 Å². The highest BCUT2D eigenvalue weighted by molar-refractivity contribution is 7.99. The molecule has 1 atom stereocenters. The molecule has 2 heteroatoms. The first-order chi connectivity index (χ1) is 8.86. The van der Waals surface area contributed by atoms with Crippen LogP contribution >= 0.6 is 11.8 Å². The number of thioether (sulfide) groups is 1. The Morgan fingerprint density at radius 2 is 1.83 bits per heavy atom. The molecule has 1 unspecified atom stereocenters. The highest BCUT2D eigenvalue weighted by Gasteiger charge is 2.12. The summed E-state index contributed by atoms with van der Waals surface area (Å²) in [6, 6.07) is 15.7. The van der Waals surface area contributed by atoms with E-state index in [1.165, 1.54) is 22.1 Å². The zero-order valence-electron chi connectivity index (χ0n) is 11.1. The SMILES string of the molecule is CCNC(CSCC)c1cccc2ccccc12. The summed E-state index contributed by atoms with van der Waals surface area (Å²) in [5.74, 6) is 2.31. The molecule has 0 heterocycles. The molecule has 0 aliphatic carbocycles. The average molecular weight is 259 g/mol. The van der Waals surface area contributed by atoms with E-state index in [2.05, 4.69) is 61.6 Å². The molecule has 2 aromatic rings. The zero-order valence-corrected chi connectivity index (χ0v) is 12.0. The Labute approximate surface area is 114 Å². The van der Waals surface area contributed by atoms with Gasteiger partial charge in [-0.15, -0.1) is 0 Å². The molecule has 1 nitrogen and oxygen atoms in total. The van der Waals surface area contributed by atoms with Crippen LogP contribution in [0, 0.1) is 0 Å². The molecular weight excluding hydrogens is 238 g/mol. The second-order valence-corrected chi connectivity index (χ2v) is 5.66. The smallest absolute Gasteiger partial charge is 0.0417 e. The van der Waals surface area contributed by atoms with Gasteiger partial charge in [-0.2, -0.15) is 11.8 Å². The molecule has 2 aromatic carbocycles. The third kappa shape index (κ3) is 3.06. The molecule has 0 bridgehead atoms. The maximum atomic E-state index is 3.61. The van der Waals surface area contributed by atoms with E-state index in [1.807, 2.05) is 11.8 Å². The van der Waals surface area contributed by atoms with Crippen molar-refractivity contribution < 1.29 is 0 Å². The fourth-order valence-corrected chi connectivity index (χ4v) is 3.06. The van der Waals surface area contributed by atoms with Crippen molar-refractivity contribution in [3.05, 3.63) is 48.0 Å². The van der Waals surface area contributed by atoms with Gasteiger partial charge in [0.25, 0.3) is 0 Å². The highest BCUT2D eigenvalue weighted by Crippen LogP contribution is 2.26. The van der Waals surface area contributed by atoms with Crippen LogP contribution in [0.2, 0.25) is 0 Å². The average Bonchev–Trinajstić information content (AvgIpc) is 2.43. The van der Waals surface area contributed by atoms with Gasteiger partial charge in [0.15, 0.2) is 0 Å². The summed E-state index contributed by atoms with van der Waals surface area (Å²) in [5, 5.41) is 6.32. The van der Waals surface area contributed by atoms with Gasteiger partial charge in [-0.25, -0.2) is 0 Å². The van der Waals surface area contributed by atoms with Gasteiger partial charge in [0.1, 0.15) is 0 Å². The number of nitrogens with one attached hydrogen (secondary N) is 1. The molecule has 1 N–H and O–H groups in total. The Bertz CT molecular complexity index is 490. The van der Waals surface area contributed by atoms with E-state index in [4.69, 9.17) is 0 Å². The van der Waals surface area contributed by atoms with E-state index in [-0.39, 0.29) is 0 Å². The van der Waals surface area contributed by atoms with Gasteiger partial charge in [-0.3, -0.25) is 0 Å². The monoisotopic (exact) mass is 259 g/mol. The lowest BCUT2D eigenvalue weighted by molar-refractivity contribution is 0.610. The van der Waals surface area contributed by atoms with Crippen LogP contribution in [0.1, 0.15) is 25.5 Å². The van der Waals surface area contributed by atoms with E-state index in [9.17, 15) is 0 Å². The Kier molecular flexibility index (Phi) is 5.09. The summed E-state index contributed by atoms with van der Waals surface area (Å²) >= 11 is 2.00. The quantitative estimate of drug-likeness (QED) is 0.832. The van der Waals surface area contributed by atoms with Gasteiger partial charge in [0.05, 0.1) is 0 Å². The van der Waals surface area contributed by atoms with Crippen molar-refractivity contribution >= 4 is 22.5 Å². The maximum absolute atomic E-state index is 3.61. The van der Waals surface area contributed by atoms with E-state index in [1.54, 1.807) is 0 Å². The number of benzene rings is 2. The van der Waals surface area contributed by atoms with Gasteiger partial charge in [0, 0.05) is 11.8 Å². The second-order valence-electron chi connectivity index (χ2n) is 4.34. The lowest BCUT2D eigenvalue weighted by Crippen LogP contribution is -2.23. The zero-order chi connectivity index (χ0) is 12.8. The van der Waals surface area contributed by atoms with Crippen molar-refractivity contribution in [1.29, 1.82) is 0 Å². The molecular formula is C16H21NS. The first-order valence-electron chi connectivity index (χ1n) is 6.65. The highest BCUT2D eigenvalue weighted by atomic mass is 32.2. The fourth-order valence-electron chi connectivity index (χ4n) is 2.30. The lowest BCUT2D eigenvalue weighted by Gasteiger charge is -2.19. The molecule has 0 radical (unpaired) electrons. The minimum atomic E-state index is 0.450. The fraction of sp³-hybridized carbons (Fsp3) is 0.375. The number of fused-ring (bicyclic) bond motifs is 1. The Morgan fingerprint density at radius 1 is 1.06 bits per heavy atom. The van der Waals surface area contributed by atoms with Crippen molar-refractivity contribution in [2.24, 2.45) is 0 Å². The van der Waals surface area contributed by atoms with E-state index >= 15 is 0 Å². The van der Waals surface area contributed by atoms with E-state index in [0.29, 0.717) is 6.04 Å². The Hall–Kier alpha value is -0.990. The third-order valence-electron chi connectivity index (χ3n) is 3.14. The van der Waals surface area contributed by atoms with Crippen LogP contribution in [0.15, 0.2) is 42.5 Å². The van der Waals surface area contributed by atoms with Crippen molar-refractivity contribution in [3.8, 4) is 0 Å². The van der Waals surface area contributed by atoms with Crippen LogP contribution in [0.5, 0.6) is 0 Å². The lowest BCUT2D eigenvalue weighted by atomic mass is 9.99. The van der Waals surface area contributed by atoms with E-state index in [0.717, 1.165) is 12.3 Å². The minimum Gasteiger partial charge on any atom is -0.309 e. The van der Waals surface area contributed by atoms with Crippen LogP contribution in [0.4, 0.5) is 0 Å². The number of hydrogen-bond donors (Lipinski definition) is 1. The molecule has 0 fully saturated rings. The number of rotatable bonds is 6. The topological polar surface area (TPSA) is 12.0 Å². The Balaban J connectivity index is 2.36. The molecule has 0 spiro atoms. The maximum Gasteiger partial charge on any atom is 0.0417 e. The van der Waals surface area contributed by atoms with Crippen molar-refractivity contribution in [2.45, 2.75) is 19.9 Å².